The number of nitrogens with zero attached hydrogens (tertiary/aromatic N) is 1. The van der Waals surface area contributed by atoms with Crippen molar-refractivity contribution in [2.24, 2.45) is 5.92 Å². The minimum absolute atomic E-state index is 0.200. The highest BCUT2D eigenvalue weighted by atomic mass is 16.5. The predicted octanol–water partition coefficient (Wildman–Crippen LogP) is 2.91. The van der Waals surface area contributed by atoms with Crippen LogP contribution in [0.2, 0.25) is 0 Å². The average molecular weight is 286 g/mol. The Kier molecular flexibility index (Phi) is 5.28. The Morgan fingerprint density at radius 2 is 2.14 bits per heavy atom. The summed E-state index contributed by atoms with van der Waals surface area (Å²) in [7, 11) is 1.43. The lowest BCUT2D eigenvalue weighted by Crippen LogP contribution is -2.42. The second-order valence-electron chi connectivity index (χ2n) is 5.32. The number of benzene rings is 1. The van der Waals surface area contributed by atoms with Crippen LogP contribution < -0.4 is 5.32 Å². The van der Waals surface area contributed by atoms with Gasteiger partial charge in [0.2, 0.25) is 0 Å². The van der Waals surface area contributed by atoms with Gasteiger partial charge in [-0.2, -0.15) is 0 Å². The molecule has 0 aliphatic rings. The van der Waals surface area contributed by atoms with Crippen LogP contribution in [0.4, 0.5) is 0 Å². The van der Waals surface area contributed by atoms with Gasteiger partial charge in [0.05, 0.1) is 7.11 Å². The molecule has 0 spiro atoms. The van der Waals surface area contributed by atoms with Crippen molar-refractivity contribution in [3.63, 3.8) is 0 Å². The molecule has 4 heteroatoms. The molecule has 1 aromatic carbocycles. The second-order valence-corrected chi connectivity index (χ2v) is 5.32. The van der Waals surface area contributed by atoms with Crippen molar-refractivity contribution in [3.8, 4) is 0 Å². The maximum Gasteiger partial charge on any atom is 0.323 e. The predicted molar refractivity (Wildman–Crippen MR) is 83.8 cm³/mol. The fourth-order valence-electron chi connectivity index (χ4n) is 2.35. The molecule has 21 heavy (non-hydrogen) atoms. The molecule has 1 heterocycles. The van der Waals surface area contributed by atoms with Gasteiger partial charge >= 0.3 is 5.97 Å². The third kappa shape index (κ3) is 3.79. The van der Waals surface area contributed by atoms with Crippen LogP contribution in [0.3, 0.4) is 0 Å². The van der Waals surface area contributed by atoms with E-state index >= 15 is 0 Å². The first kappa shape index (κ1) is 15.4. The molecule has 0 saturated carbocycles. The number of nitrogens with one attached hydrogen (secondary N) is 1. The number of ether oxygens (including phenoxy) is 1. The molecule has 0 aliphatic heterocycles. The Balaban J connectivity index is 2.09. The third-order valence-electron chi connectivity index (χ3n) is 3.90. The van der Waals surface area contributed by atoms with Gasteiger partial charge in [0.15, 0.2) is 0 Å². The first-order chi connectivity index (χ1) is 10.2. The van der Waals surface area contributed by atoms with Gasteiger partial charge in [0.1, 0.15) is 6.04 Å². The summed E-state index contributed by atoms with van der Waals surface area (Å²) in [6.45, 7) is 4.77. The van der Waals surface area contributed by atoms with E-state index in [1.165, 1.54) is 7.11 Å². The zero-order valence-electron chi connectivity index (χ0n) is 12.8. The summed E-state index contributed by atoms with van der Waals surface area (Å²) in [6, 6.07) is 7.95. The molecule has 0 bridgehead atoms. The van der Waals surface area contributed by atoms with E-state index in [4.69, 9.17) is 4.74 Å². The topological polar surface area (TPSA) is 51.2 Å². The largest absolute Gasteiger partial charge is 0.468 e. The van der Waals surface area contributed by atoms with E-state index in [-0.39, 0.29) is 17.9 Å². The quantitative estimate of drug-likeness (QED) is 0.830. The molecule has 2 atom stereocenters. The van der Waals surface area contributed by atoms with Gasteiger partial charge in [-0.3, -0.25) is 9.78 Å². The van der Waals surface area contributed by atoms with E-state index in [0.29, 0.717) is 6.54 Å². The first-order valence-electron chi connectivity index (χ1n) is 7.29. The van der Waals surface area contributed by atoms with Gasteiger partial charge in [-0.25, -0.2) is 0 Å². The van der Waals surface area contributed by atoms with Crippen molar-refractivity contribution in [3.05, 3.63) is 42.2 Å². The van der Waals surface area contributed by atoms with Crippen LogP contribution in [-0.4, -0.2) is 24.1 Å². The van der Waals surface area contributed by atoms with Crippen LogP contribution in [0.25, 0.3) is 10.8 Å². The van der Waals surface area contributed by atoms with Gasteiger partial charge in [-0.05, 0) is 29.0 Å². The molecular formula is C17H22N2O2. The molecule has 0 radical (unpaired) electrons. The Morgan fingerprint density at radius 3 is 2.86 bits per heavy atom. The summed E-state index contributed by atoms with van der Waals surface area (Å²) < 4.78 is 4.88. The van der Waals surface area contributed by atoms with Crippen LogP contribution in [0, 0.1) is 5.92 Å². The van der Waals surface area contributed by atoms with Crippen LogP contribution in [0.15, 0.2) is 36.7 Å². The molecule has 0 fully saturated rings. The molecule has 2 rings (SSSR count). The van der Waals surface area contributed by atoms with Crippen molar-refractivity contribution in [2.75, 3.05) is 7.11 Å². The molecule has 1 N–H and O–H groups in total. The van der Waals surface area contributed by atoms with E-state index in [2.05, 4.69) is 42.3 Å². The lowest BCUT2D eigenvalue weighted by molar-refractivity contribution is -0.144. The zero-order chi connectivity index (χ0) is 15.2. The number of esters is 1. The Labute approximate surface area is 125 Å². The van der Waals surface area contributed by atoms with Gasteiger partial charge in [0.25, 0.3) is 0 Å². The van der Waals surface area contributed by atoms with Crippen LogP contribution in [-0.2, 0) is 16.1 Å². The van der Waals surface area contributed by atoms with Crippen LogP contribution >= 0.6 is 0 Å². The van der Waals surface area contributed by atoms with Crippen molar-refractivity contribution < 1.29 is 9.53 Å². The normalized spacial score (nSPS) is 13.9. The van der Waals surface area contributed by atoms with Crippen LogP contribution in [0.5, 0.6) is 0 Å². The van der Waals surface area contributed by atoms with Gasteiger partial charge in [-0.15, -0.1) is 0 Å². The summed E-state index contributed by atoms with van der Waals surface area (Å²) in [6.07, 6.45) is 4.56. The molecular weight excluding hydrogens is 264 g/mol. The standard InChI is InChI=1S/C17H22N2O2/c1-4-12(2)16(17(20)21-3)19-10-13-5-6-15-11-18-8-7-14(15)9-13/h5-9,11-12,16,19H,4,10H2,1-3H3. The number of fused-ring (bicyclic) bond motifs is 1. The first-order valence-corrected chi connectivity index (χ1v) is 7.29. The highest BCUT2D eigenvalue weighted by Gasteiger charge is 2.24. The lowest BCUT2D eigenvalue weighted by atomic mass is 9.99. The monoisotopic (exact) mass is 286 g/mol. The van der Waals surface area contributed by atoms with E-state index in [0.717, 1.165) is 22.8 Å². The highest BCUT2D eigenvalue weighted by molar-refractivity contribution is 5.82. The van der Waals surface area contributed by atoms with E-state index < -0.39 is 0 Å². The van der Waals surface area contributed by atoms with E-state index in [9.17, 15) is 4.79 Å². The van der Waals surface area contributed by atoms with Crippen LogP contribution in [0.1, 0.15) is 25.8 Å². The summed E-state index contributed by atoms with van der Waals surface area (Å²) >= 11 is 0. The third-order valence-corrected chi connectivity index (χ3v) is 3.90. The Morgan fingerprint density at radius 1 is 1.33 bits per heavy atom. The van der Waals surface area contributed by atoms with Gasteiger partial charge in [0, 0.05) is 24.3 Å². The zero-order valence-corrected chi connectivity index (χ0v) is 12.8. The maximum atomic E-state index is 11.9. The summed E-state index contributed by atoms with van der Waals surface area (Å²) in [5.74, 6) is 0.0384. The van der Waals surface area contributed by atoms with Crippen molar-refractivity contribution in [2.45, 2.75) is 32.9 Å². The number of rotatable bonds is 6. The smallest absolute Gasteiger partial charge is 0.323 e. The average Bonchev–Trinajstić information content (AvgIpc) is 2.54. The molecule has 2 unspecified atom stereocenters. The molecule has 1 aromatic heterocycles. The lowest BCUT2D eigenvalue weighted by Gasteiger charge is -2.22. The molecule has 4 nitrogen and oxygen atoms in total. The van der Waals surface area contributed by atoms with E-state index in [1.54, 1.807) is 6.20 Å². The summed E-state index contributed by atoms with van der Waals surface area (Å²) in [5.41, 5.74) is 1.14. The number of carbonyl (C=O) groups excluding carboxylic acids is 1. The van der Waals surface area contributed by atoms with Crippen molar-refractivity contribution >= 4 is 16.7 Å². The highest BCUT2D eigenvalue weighted by Crippen LogP contribution is 2.15. The second kappa shape index (κ2) is 7.18. The van der Waals surface area contributed by atoms with Gasteiger partial charge < -0.3 is 10.1 Å². The number of aromatic nitrogens is 1. The van der Waals surface area contributed by atoms with Crippen molar-refractivity contribution in [1.82, 2.24) is 10.3 Å². The minimum Gasteiger partial charge on any atom is -0.468 e. The molecule has 0 amide bonds. The Bertz CT molecular complexity index is 613. The maximum absolute atomic E-state index is 11.9. The molecule has 112 valence electrons. The number of pyridine rings is 1. The van der Waals surface area contributed by atoms with E-state index in [1.807, 2.05) is 12.3 Å². The number of hydrogen-bond acceptors (Lipinski definition) is 4. The molecule has 0 aliphatic carbocycles. The number of hydrogen-bond donors (Lipinski definition) is 1. The molecule has 0 saturated heterocycles. The Hall–Kier alpha value is -1.94. The minimum atomic E-state index is -0.270. The fourth-order valence-corrected chi connectivity index (χ4v) is 2.35. The summed E-state index contributed by atoms with van der Waals surface area (Å²) in [5, 5.41) is 5.59. The number of carbonyl (C=O) groups is 1. The fraction of sp³-hybridized carbons (Fsp3) is 0.412. The summed E-state index contributed by atoms with van der Waals surface area (Å²) in [4.78, 5) is 16.0. The SMILES string of the molecule is CCC(C)C(NCc1ccc2cnccc2c1)C(=O)OC. The van der Waals surface area contributed by atoms with Crippen molar-refractivity contribution in [1.29, 1.82) is 0 Å². The van der Waals surface area contributed by atoms with Gasteiger partial charge in [-0.1, -0.05) is 32.4 Å². The molecule has 2 aromatic rings. The number of methoxy groups -OCH3 is 1.